The number of rotatable bonds is 5. The highest BCUT2D eigenvalue weighted by atomic mass is 16.6. The van der Waals surface area contributed by atoms with Crippen molar-refractivity contribution in [2.24, 2.45) is 11.1 Å². The van der Waals surface area contributed by atoms with Gasteiger partial charge < -0.3 is 10.5 Å². The van der Waals surface area contributed by atoms with Gasteiger partial charge in [-0.25, -0.2) is 0 Å². The SMILES string of the molecule is CCC(C)(C)OC(=O)C(C)(C)CC(C)(C)N. The standard InChI is InChI=1S/C13H27NO2/c1-8-13(6,7)16-10(15)11(2,3)9-12(4,5)14/h8-9,14H2,1-7H3. The van der Waals surface area contributed by atoms with E-state index in [1.807, 2.05) is 48.5 Å². The molecule has 0 fully saturated rings. The Morgan fingerprint density at radius 2 is 1.56 bits per heavy atom. The van der Waals surface area contributed by atoms with E-state index in [0.717, 1.165) is 6.42 Å². The molecule has 3 heteroatoms. The largest absolute Gasteiger partial charge is 0.459 e. The summed E-state index contributed by atoms with van der Waals surface area (Å²) >= 11 is 0. The molecule has 2 N–H and O–H groups in total. The average Bonchev–Trinajstić information content (AvgIpc) is 1.99. The lowest BCUT2D eigenvalue weighted by Crippen LogP contribution is -2.43. The number of hydrogen-bond donors (Lipinski definition) is 1. The molecule has 0 radical (unpaired) electrons. The van der Waals surface area contributed by atoms with Crippen molar-refractivity contribution in [1.82, 2.24) is 0 Å². The normalized spacial score (nSPS) is 13.8. The molecule has 0 unspecified atom stereocenters. The molecule has 3 nitrogen and oxygen atoms in total. The van der Waals surface area contributed by atoms with Crippen molar-refractivity contribution >= 4 is 5.97 Å². The topological polar surface area (TPSA) is 52.3 Å². The van der Waals surface area contributed by atoms with Gasteiger partial charge in [0.25, 0.3) is 0 Å². The molecule has 0 bridgehead atoms. The van der Waals surface area contributed by atoms with Gasteiger partial charge in [0.2, 0.25) is 0 Å². The maximum absolute atomic E-state index is 12.0. The monoisotopic (exact) mass is 229 g/mol. The Bertz CT molecular complexity index is 249. The molecule has 0 aliphatic carbocycles. The molecule has 0 aliphatic rings. The molecule has 0 rings (SSSR count). The molecular formula is C13H27NO2. The van der Waals surface area contributed by atoms with E-state index >= 15 is 0 Å². The second-order valence-corrected chi connectivity index (χ2v) is 6.55. The van der Waals surface area contributed by atoms with Crippen molar-refractivity contribution in [1.29, 1.82) is 0 Å². The summed E-state index contributed by atoms with van der Waals surface area (Å²) in [6.07, 6.45) is 1.42. The number of carbonyl (C=O) groups is 1. The van der Waals surface area contributed by atoms with Gasteiger partial charge in [-0.2, -0.15) is 0 Å². The smallest absolute Gasteiger partial charge is 0.312 e. The first-order chi connectivity index (χ1) is 6.90. The van der Waals surface area contributed by atoms with Crippen LogP contribution in [0.3, 0.4) is 0 Å². The quantitative estimate of drug-likeness (QED) is 0.737. The zero-order valence-corrected chi connectivity index (χ0v) is 11.8. The van der Waals surface area contributed by atoms with Crippen LogP contribution in [0.25, 0.3) is 0 Å². The highest BCUT2D eigenvalue weighted by molar-refractivity contribution is 5.76. The molecular weight excluding hydrogens is 202 g/mol. The summed E-state index contributed by atoms with van der Waals surface area (Å²) in [6.45, 7) is 13.5. The molecule has 0 saturated carbocycles. The fourth-order valence-electron chi connectivity index (χ4n) is 1.67. The first-order valence-electron chi connectivity index (χ1n) is 5.92. The van der Waals surface area contributed by atoms with Gasteiger partial charge in [0.05, 0.1) is 5.41 Å². The highest BCUT2D eigenvalue weighted by Crippen LogP contribution is 2.30. The molecule has 0 heterocycles. The fraction of sp³-hybridized carbons (Fsp3) is 0.923. The van der Waals surface area contributed by atoms with E-state index in [1.54, 1.807) is 0 Å². The Labute approximate surface area is 99.7 Å². The predicted octanol–water partition coefficient (Wildman–Crippen LogP) is 2.87. The lowest BCUT2D eigenvalue weighted by Gasteiger charge is -2.34. The minimum atomic E-state index is -0.537. The van der Waals surface area contributed by atoms with Gasteiger partial charge in [0, 0.05) is 5.54 Å². The van der Waals surface area contributed by atoms with Gasteiger partial charge in [-0.3, -0.25) is 4.79 Å². The van der Waals surface area contributed by atoms with Crippen LogP contribution >= 0.6 is 0 Å². The van der Waals surface area contributed by atoms with Gasteiger partial charge in [-0.15, -0.1) is 0 Å². The summed E-state index contributed by atoms with van der Waals surface area (Å²) in [7, 11) is 0. The Balaban J connectivity index is 4.60. The lowest BCUT2D eigenvalue weighted by atomic mass is 9.80. The van der Waals surface area contributed by atoms with Gasteiger partial charge in [0.1, 0.15) is 5.60 Å². The first-order valence-corrected chi connectivity index (χ1v) is 5.92. The molecule has 0 amide bonds. The van der Waals surface area contributed by atoms with Gasteiger partial charge in [-0.1, -0.05) is 6.92 Å². The van der Waals surface area contributed by atoms with E-state index < -0.39 is 11.0 Å². The van der Waals surface area contributed by atoms with Crippen LogP contribution < -0.4 is 5.73 Å². The second-order valence-electron chi connectivity index (χ2n) is 6.55. The summed E-state index contributed by atoms with van der Waals surface area (Å²) in [5.74, 6) is -0.169. The van der Waals surface area contributed by atoms with Crippen molar-refractivity contribution in [3.05, 3.63) is 0 Å². The third-order valence-corrected chi connectivity index (χ3v) is 2.67. The Hall–Kier alpha value is -0.570. The van der Waals surface area contributed by atoms with E-state index in [4.69, 9.17) is 10.5 Å². The molecule has 0 atom stereocenters. The van der Waals surface area contributed by atoms with Crippen molar-refractivity contribution in [2.45, 2.75) is 72.4 Å². The van der Waals surface area contributed by atoms with Crippen LogP contribution in [0.4, 0.5) is 0 Å². The summed E-state index contributed by atoms with van der Waals surface area (Å²) in [6, 6.07) is 0. The molecule has 16 heavy (non-hydrogen) atoms. The summed E-state index contributed by atoms with van der Waals surface area (Å²) in [5.41, 5.74) is 4.65. The maximum Gasteiger partial charge on any atom is 0.312 e. The van der Waals surface area contributed by atoms with Crippen molar-refractivity contribution in [3.8, 4) is 0 Å². The summed E-state index contributed by atoms with van der Waals surface area (Å²) in [5, 5.41) is 0. The van der Waals surface area contributed by atoms with E-state index in [9.17, 15) is 4.79 Å². The molecule has 0 spiro atoms. The Kier molecular flexibility index (Phi) is 4.57. The lowest BCUT2D eigenvalue weighted by molar-refractivity contribution is -0.168. The van der Waals surface area contributed by atoms with Gasteiger partial charge >= 0.3 is 5.97 Å². The second kappa shape index (κ2) is 4.74. The first kappa shape index (κ1) is 15.4. The number of nitrogens with two attached hydrogens (primary N) is 1. The van der Waals surface area contributed by atoms with E-state index in [1.165, 1.54) is 0 Å². The zero-order chi connectivity index (χ0) is 13.2. The minimum Gasteiger partial charge on any atom is -0.459 e. The number of hydrogen-bond acceptors (Lipinski definition) is 3. The van der Waals surface area contributed by atoms with Crippen molar-refractivity contribution in [3.63, 3.8) is 0 Å². The molecule has 0 aromatic heterocycles. The number of esters is 1. The van der Waals surface area contributed by atoms with Crippen LogP contribution in [0.15, 0.2) is 0 Å². The van der Waals surface area contributed by atoms with Crippen LogP contribution in [0.1, 0.15) is 61.3 Å². The van der Waals surface area contributed by atoms with Crippen LogP contribution in [-0.2, 0) is 9.53 Å². The molecule has 96 valence electrons. The molecule has 0 aromatic rings. The Morgan fingerprint density at radius 1 is 1.12 bits per heavy atom. The van der Waals surface area contributed by atoms with Crippen LogP contribution in [0.5, 0.6) is 0 Å². The Morgan fingerprint density at radius 3 is 1.88 bits per heavy atom. The predicted molar refractivity (Wildman–Crippen MR) is 67.1 cm³/mol. The van der Waals surface area contributed by atoms with Crippen LogP contribution in [-0.4, -0.2) is 17.1 Å². The summed E-state index contributed by atoms with van der Waals surface area (Å²) < 4.78 is 5.50. The molecule has 0 aliphatic heterocycles. The number of carbonyl (C=O) groups excluding carboxylic acids is 1. The third-order valence-electron chi connectivity index (χ3n) is 2.67. The van der Waals surface area contributed by atoms with Crippen molar-refractivity contribution < 1.29 is 9.53 Å². The average molecular weight is 229 g/mol. The maximum atomic E-state index is 12.0. The molecule has 0 saturated heterocycles. The van der Waals surface area contributed by atoms with E-state index in [0.29, 0.717) is 6.42 Å². The van der Waals surface area contributed by atoms with E-state index in [-0.39, 0.29) is 11.5 Å². The number of ether oxygens (including phenoxy) is 1. The van der Waals surface area contributed by atoms with Gasteiger partial charge in [-0.05, 0) is 54.4 Å². The van der Waals surface area contributed by atoms with E-state index in [2.05, 4.69) is 0 Å². The zero-order valence-electron chi connectivity index (χ0n) is 11.8. The highest BCUT2D eigenvalue weighted by Gasteiger charge is 2.36. The third kappa shape index (κ3) is 5.50. The van der Waals surface area contributed by atoms with Gasteiger partial charge in [0.15, 0.2) is 0 Å². The summed E-state index contributed by atoms with van der Waals surface area (Å²) in [4.78, 5) is 12.0. The van der Waals surface area contributed by atoms with Crippen molar-refractivity contribution in [2.75, 3.05) is 0 Å². The van der Waals surface area contributed by atoms with Crippen LogP contribution in [0.2, 0.25) is 0 Å². The molecule has 0 aromatic carbocycles. The minimum absolute atomic E-state index is 0.169. The van der Waals surface area contributed by atoms with Crippen LogP contribution in [0, 0.1) is 5.41 Å². The fourth-order valence-corrected chi connectivity index (χ4v) is 1.67.